The number of nitrogens with zero attached hydrogens (tertiary/aromatic N) is 1. The number of aryl methyl sites for hydroxylation is 2. The molecule has 0 amide bonds. The van der Waals surface area contributed by atoms with Crippen LogP contribution in [0.4, 0.5) is 0 Å². The van der Waals surface area contributed by atoms with E-state index in [2.05, 4.69) is 17.1 Å². The zero-order valence-electron chi connectivity index (χ0n) is 24.2. The Morgan fingerprint density at radius 3 is 1.76 bits per heavy atom. The number of phenolic OH excluding ortho intramolecular Hbond substituents is 4. The third-order valence-corrected chi connectivity index (χ3v) is 5.75. The summed E-state index contributed by atoms with van der Waals surface area (Å²) in [7, 11) is 0. The molecule has 0 unspecified atom stereocenters. The smallest absolute Gasteiger partial charge is 0.159 e. The van der Waals surface area contributed by atoms with Gasteiger partial charge in [-0.3, -0.25) is 9.79 Å². The number of hydrogen-bond acceptors (Lipinski definition) is 7. The van der Waals surface area contributed by atoms with Crippen LogP contribution < -0.4 is 5.73 Å². The SMILES string of the molecule is CC(=O)c1ccc(O)c(C)c1.Cc1cc(C=NCCc2c[c-]c(O)cc2)ccc1O.NCCc1c[c-]c(O)cc1.[Y].[Y]. The van der Waals surface area contributed by atoms with E-state index in [1.54, 1.807) is 55.6 Å². The molecule has 42 heavy (non-hydrogen) atoms. The number of carbonyl (C=O) groups is 1. The fourth-order valence-electron chi connectivity index (χ4n) is 3.37. The maximum Gasteiger partial charge on any atom is 0.159 e. The second kappa shape index (κ2) is 21.3. The van der Waals surface area contributed by atoms with Crippen LogP contribution in [0.1, 0.15) is 45.1 Å². The van der Waals surface area contributed by atoms with Gasteiger partial charge in [0.15, 0.2) is 5.78 Å². The summed E-state index contributed by atoms with van der Waals surface area (Å²) in [6.45, 7) is 6.45. The van der Waals surface area contributed by atoms with Gasteiger partial charge >= 0.3 is 0 Å². The fraction of sp³-hybridized carbons (Fsp3) is 0.212. The normalized spacial score (nSPS) is 9.81. The summed E-state index contributed by atoms with van der Waals surface area (Å²) in [5, 5.41) is 36.5. The third kappa shape index (κ3) is 15.2. The molecule has 0 heterocycles. The Hall–Kier alpha value is -2.41. The molecule has 216 valence electrons. The van der Waals surface area contributed by atoms with Crippen molar-refractivity contribution >= 4 is 12.0 Å². The van der Waals surface area contributed by atoms with Crippen LogP contribution in [-0.4, -0.2) is 45.5 Å². The van der Waals surface area contributed by atoms with Crippen LogP contribution in [0.25, 0.3) is 0 Å². The van der Waals surface area contributed by atoms with Gasteiger partial charge in [-0.1, -0.05) is 12.8 Å². The Morgan fingerprint density at radius 2 is 1.31 bits per heavy atom. The summed E-state index contributed by atoms with van der Waals surface area (Å²) in [5.74, 6) is 0.896. The molecule has 0 bridgehead atoms. The van der Waals surface area contributed by atoms with Gasteiger partial charge in [0.25, 0.3) is 0 Å². The molecule has 0 saturated heterocycles. The van der Waals surface area contributed by atoms with Gasteiger partial charge in [0, 0.05) is 95.2 Å². The van der Waals surface area contributed by atoms with Gasteiger partial charge in [-0.2, -0.15) is 35.4 Å². The summed E-state index contributed by atoms with van der Waals surface area (Å²) in [4.78, 5) is 15.2. The van der Waals surface area contributed by atoms with Crippen LogP contribution in [0.15, 0.2) is 77.8 Å². The molecule has 2 radical (unpaired) electrons. The molecule has 0 aliphatic heterocycles. The summed E-state index contributed by atoms with van der Waals surface area (Å²) < 4.78 is 0. The van der Waals surface area contributed by atoms with Gasteiger partial charge in [0.05, 0.1) is 0 Å². The zero-order chi connectivity index (χ0) is 29.5. The predicted octanol–water partition coefficient (Wildman–Crippen LogP) is 5.46. The van der Waals surface area contributed by atoms with Crippen molar-refractivity contribution in [2.24, 2.45) is 10.7 Å². The predicted molar refractivity (Wildman–Crippen MR) is 159 cm³/mol. The maximum atomic E-state index is 10.8. The molecule has 6 N–H and O–H groups in total. The Morgan fingerprint density at radius 1 is 0.786 bits per heavy atom. The number of aliphatic imine (C=N–C) groups is 1. The van der Waals surface area contributed by atoms with Crippen molar-refractivity contribution in [2.75, 3.05) is 13.1 Å². The molecule has 7 nitrogen and oxygen atoms in total. The topological polar surface area (TPSA) is 136 Å². The Balaban J connectivity index is 0.000000630. The van der Waals surface area contributed by atoms with E-state index >= 15 is 0 Å². The van der Waals surface area contributed by atoms with Gasteiger partial charge in [-0.15, -0.1) is 24.3 Å². The number of carbonyl (C=O) groups excluding carboxylic acids is 1. The van der Waals surface area contributed by atoms with E-state index in [1.807, 2.05) is 31.2 Å². The van der Waals surface area contributed by atoms with Crippen molar-refractivity contribution < 1.29 is 90.6 Å². The first-order chi connectivity index (χ1) is 19.1. The minimum Gasteiger partial charge on any atom is -0.534 e. The molecule has 0 fully saturated rings. The molecule has 0 aromatic heterocycles. The van der Waals surface area contributed by atoms with Gasteiger partial charge in [-0.25, -0.2) is 0 Å². The van der Waals surface area contributed by atoms with Gasteiger partial charge in [-0.05, 0) is 80.4 Å². The Kier molecular flexibility index (Phi) is 20.1. The molecule has 0 atom stereocenters. The molecule has 4 aromatic carbocycles. The average molecular weight is 718 g/mol. The first-order valence-electron chi connectivity index (χ1n) is 12.8. The first kappa shape index (κ1) is 39.6. The molecule has 0 saturated carbocycles. The number of aromatic hydroxyl groups is 4. The Labute approximate surface area is 298 Å². The summed E-state index contributed by atoms with van der Waals surface area (Å²) in [6, 6.07) is 26.1. The molecular formula is C33H36N2O5Y2-2. The average Bonchev–Trinajstić information content (AvgIpc) is 2.93. The number of ketones is 1. The van der Waals surface area contributed by atoms with E-state index in [1.165, 1.54) is 13.0 Å². The number of benzene rings is 4. The van der Waals surface area contributed by atoms with Gasteiger partial charge < -0.3 is 26.2 Å². The van der Waals surface area contributed by atoms with E-state index < -0.39 is 0 Å². The zero-order valence-corrected chi connectivity index (χ0v) is 29.9. The fourth-order valence-corrected chi connectivity index (χ4v) is 3.37. The number of nitrogens with two attached hydrogens (primary N) is 1. The van der Waals surface area contributed by atoms with Crippen molar-refractivity contribution in [2.45, 2.75) is 33.6 Å². The van der Waals surface area contributed by atoms with E-state index in [0.29, 0.717) is 24.4 Å². The van der Waals surface area contributed by atoms with Crippen LogP contribution in [0.3, 0.4) is 0 Å². The largest absolute Gasteiger partial charge is 0.534 e. The summed E-state index contributed by atoms with van der Waals surface area (Å²) in [5.41, 5.74) is 10.7. The van der Waals surface area contributed by atoms with Crippen molar-refractivity contribution in [3.05, 3.63) is 118 Å². The molecular weight excluding hydrogens is 682 g/mol. The van der Waals surface area contributed by atoms with Crippen LogP contribution >= 0.6 is 0 Å². The van der Waals surface area contributed by atoms with E-state index in [0.717, 1.165) is 40.7 Å². The van der Waals surface area contributed by atoms with Gasteiger partial charge in [0.1, 0.15) is 11.5 Å². The van der Waals surface area contributed by atoms with Crippen molar-refractivity contribution in [3.63, 3.8) is 0 Å². The van der Waals surface area contributed by atoms with Crippen LogP contribution in [-0.2, 0) is 78.3 Å². The van der Waals surface area contributed by atoms with E-state index in [4.69, 9.17) is 21.1 Å². The first-order valence-corrected chi connectivity index (χ1v) is 12.8. The van der Waals surface area contributed by atoms with Crippen LogP contribution in [0.5, 0.6) is 23.0 Å². The van der Waals surface area contributed by atoms with E-state index in [9.17, 15) is 9.90 Å². The molecule has 4 aromatic rings. The monoisotopic (exact) mass is 718 g/mol. The van der Waals surface area contributed by atoms with Gasteiger partial charge in [0.2, 0.25) is 0 Å². The third-order valence-electron chi connectivity index (χ3n) is 5.75. The molecule has 0 aliphatic carbocycles. The van der Waals surface area contributed by atoms with Crippen molar-refractivity contribution in [1.29, 1.82) is 0 Å². The van der Waals surface area contributed by atoms with E-state index in [-0.39, 0.29) is 88.5 Å². The molecule has 0 aliphatic rings. The van der Waals surface area contributed by atoms with Crippen molar-refractivity contribution in [1.82, 2.24) is 0 Å². The number of hydrogen-bond donors (Lipinski definition) is 5. The minimum atomic E-state index is 0. The quantitative estimate of drug-likeness (QED) is 0.0979. The minimum absolute atomic E-state index is 0. The summed E-state index contributed by atoms with van der Waals surface area (Å²) >= 11 is 0. The standard InChI is InChI=1S/C16H16NO2.C9H10O2.C8H10NO.2Y/c1-12-10-14(4-7-16(12)19)11-17-9-8-13-2-5-15(18)6-3-13;1-6-5-8(7(2)10)3-4-9(6)11;9-6-5-7-1-3-8(10)4-2-7;;/h2-5,7,10-11,18-19H,8-9H2,1H3;3-5,11H,1-2H3;1-3,10H,5-6,9H2;;/q-1;;-1;;. The second-order valence-corrected chi connectivity index (χ2v) is 9.09. The second-order valence-electron chi connectivity index (χ2n) is 9.09. The summed E-state index contributed by atoms with van der Waals surface area (Å²) in [6.07, 6.45) is 3.46. The van der Waals surface area contributed by atoms with Crippen LogP contribution in [0, 0.1) is 26.0 Å². The molecule has 4 rings (SSSR count). The Bertz CT molecular complexity index is 1390. The molecule has 9 heteroatoms. The number of rotatable bonds is 7. The van der Waals surface area contributed by atoms with Crippen molar-refractivity contribution in [3.8, 4) is 23.0 Å². The van der Waals surface area contributed by atoms with Crippen LogP contribution in [0.2, 0.25) is 0 Å². The number of Topliss-reactive ketones (excluding diaryl/α,β-unsaturated/α-hetero) is 1. The maximum absolute atomic E-state index is 10.8. The number of phenols is 4. The molecule has 0 spiro atoms.